The largest absolute Gasteiger partial charge is 0.396 e. The highest BCUT2D eigenvalue weighted by Gasteiger charge is 2.26. The van der Waals surface area contributed by atoms with Gasteiger partial charge in [0, 0.05) is 19.2 Å². The van der Waals surface area contributed by atoms with Gasteiger partial charge in [0.2, 0.25) is 11.8 Å². The van der Waals surface area contributed by atoms with Crippen LogP contribution >= 0.6 is 0 Å². The molecule has 1 atom stereocenters. The number of benzene rings is 1. The molecule has 1 aliphatic heterocycles. The van der Waals surface area contributed by atoms with Gasteiger partial charge in [-0.05, 0) is 31.2 Å². The first-order chi connectivity index (χ1) is 10.7. The minimum Gasteiger partial charge on any atom is -0.396 e. The second-order valence-corrected chi connectivity index (χ2v) is 5.69. The number of carbonyl (C=O) groups excluding carboxylic acids is 2. The third kappa shape index (κ3) is 4.84. The van der Waals surface area contributed by atoms with Crippen LogP contribution in [0.25, 0.3) is 0 Å². The van der Waals surface area contributed by atoms with Crippen molar-refractivity contribution >= 4 is 11.8 Å². The highest BCUT2D eigenvalue weighted by molar-refractivity contribution is 5.85. The van der Waals surface area contributed by atoms with E-state index >= 15 is 0 Å². The normalized spacial score (nSPS) is 18.0. The molecule has 0 aliphatic carbocycles. The van der Waals surface area contributed by atoms with E-state index in [2.05, 4.69) is 5.32 Å². The van der Waals surface area contributed by atoms with Crippen LogP contribution in [0.2, 0.25) is 0 Å². The minimum atomic E-state index is -0.143. The van der Waals surface area contributed by atoms with Crippen LogP contribution in [-0.2, 0) is 16.0 Å². The number of rotatable bonds is 6. The Morgan fingerprint density at radius 1 is 1.23 bits per heavy atom. The number of carbonyl (C=O) groups is 2. The molecule has 0 spiro atoms. The SMILES string of the molecule is O=C(Cc1ccccc1)NCC(=O)N1CCCCC1CCO. The first-order valence-corrected chi connectivity index (χ1v) is 7.91. The van der Waals surface area contributed by atoms with Crippen LogP contribution in [0.15, 0.2) is 30.3 Å². The van der Waals surface area contributed by atoms with Gasteiger partial charge in [0.05, 0.1) is 13.0 Å². The molecule has 1 unspecified atom stereocenters. The predicted molar refractivity (Wildman–Crippen MR) is 84.2 cm³/mol. The van der Waals surface area contributed by atoms with E-state index in [4.69, 9.17) is 5.11 Å². The first kappa shape index (κ1) is 16.5. The van der Waals surface area contributed by atoms with Crippen LogP contribution in [0.5, 0.6) is 0 Å². The van der Waals surface area contributed by atoms with Crippen molar-refractivity contribution in [3.8, 4) is 0 Å². The van der Waals surface area contributed by atoms with Crippen LogP contribution in [0, 0.1) is 0 Å². The van der Waals surface area contributed by atoms with Crippen molar-refractivity contribution < 1.29 is 14.7 Å². The Kier molecular flexibility index (Phi) is 6.40. The fourth-order valence-corrected chi connectivity index (χ4v) is 2.90. The molecule has 2 amide bonds. The number of aliphatic hydroxyl groups excluding tert-OH is 1. The lowest BCUT2D eigenvalue weighted by molar-refractivity contribution is -0.136. The van der Waals surface area contributed by atoms with Gasteiger partial charge in [-0.1, -0.05) is 30.3 Å². The summed E-state index contributed by atoms with van der Waals surface area (Å²) in [5.41, 5.74) is 0.934. The second-order valence-electron chi connectivity index (χ2n) is 5.69. The number of likely N-dealkylation sites (tertiary alicyclic amines) is 1. The third-order valence-corrected chi connectivity index (χ3v) is 4.05. The molecular formula is C17H24N2O3. The fourth-order valence-electron chi connectivity index (χ4n) is 2.90. The Bertz CT molecular complexity index is 488. The number of amides is 2. The summed E-state index contributed by atoms with van der Waals surface area (Å²) in [5.74, 6) is -0.199. The van der Waals surface area contributed by atoms with Gasteiger partial charge in [-0.2, -0.15) is 0 Å². The van der Waals surface area contributed by atoms with E-state index in [1.807, 2.05) is 35.2 Å². The summed E-state index contributed by atoms with van der Waals surface area (Å²) in [7, 11) is 0. The molecular weight excluding hydrogens is 280 g/mol. The number of nitrogens with one attached hydrogen (secondary N) is 1. The first-order valence-electron chi connectivity index (χ1n) is 7.91. The smallest absolute Gasteiger partial charge is 0.242 e. The van der Waals surface area contributed by atoms with E-state index in [9.17, 15) is 9.59 Å². The van der Waals surface area contributed by atoms with Crippen molar-refractivity contribution in [1.82, 2.24) is 10.2 Å². The molecule has 2 rings (SSSR count). The van der Waals surface area contributed by atoms with E-state index < -0.39 is 0 Å². The van der Waals surface area contributed by atoms with Gasteiger partial charge in [0.25, 0.3) is 0 Å². The minimum absolute atomic E-state index is 0.0353. The quantitative estimate of drug-likeness (QED) is 0.827. The summed E-state index contributed by atoms with van der Waals surface area (Å²) in [5, 5.41) is 11.8. The van der Waals surface area contributed by atoms with Gasteiger partial charge in [-0.15, -0.1) is 0 Å². The van der Waals surface area contributed by atoms with E-state index in [1.54, 1.807) is 0 Å². The molecule has 120 valence electrons. The monoisotopic (exact) mass is 304 g/mol. The summed E-state index contributed by atoms with van der Waals surface area (Å²) >= 11 is 0. The molecule has 1 aromatic carbocycles. The molecule has 5 nitrogen and oxygen atoms in total. The van der Waals surface area contributed by atoms with Gasteiger partial charge < -0.3 is 15.3 Å². The van der Waals surface area contributed by atoms with E-state index in [0.29, 0.717) is 6.42 Å². The highest BCUT2D eigenvalue weighted by atomic mass is 16.3. The van der Waals surface area contributed by atoms with Gasteiger partial charge in [0.15, 0.2) is 0 Å². The zero-order valence-electron chi connectivity index (χ0n) is 12.8. The number of nitrogens with zero attached hydrogens (tertiary/aromatic N) is 1. The molecule has 1 fully saturated rings. The predicted octanol–water partition coefficient (Wildman–Crippen LogP) is 1.11. The van der Waals surface area contributed by atoms with Gasteiger partial charge >= 0.3 is 0 Å². The van der Waals surface area contributed by atoms with E-state index in [0.717, 1.165) is 31.4 Å². The lowest BCUT2D eigenvalue weighted by Gasteiger charge is -2.35. The van der Waals surface area contributed by atoms with Crippen molar-refractivity contribution in [1.29, 1.82) is 0 Å². The molecule has 1 aliphatic rings. The summed E-state index contributed by atoms with van der Waals surface area (Å²) in [6.45, 7) is 0.848. The number of aliphatic hydroxyl groups is 1. The number of hydrogen-bond acceptors (Lipinski definition) is 3. The summed E-state index contributed by atoms with van der Waals surface area (Å²) in [4.78, 5) is 26.0. The van der Waals surface area contributed by atoms with Crippen molar-refractivity contribution in [2.75, 3.05) is 19.7 Å². The van der Waals surface area contributed by atoms with Crippen LogP contribution in [0.4, 0.5) is 0 Å². The van der Waals surface area contributed by atoms with Crippen LogP contribution in [-0.4, -0.2) is 47.6 Å². The van der Waals surface area contributed by atoms with E-state index in [1.165, 1.54) is 0 Å². The van der Waals surface area contributed by atoms with Crippen LogP contribution in [0.3, 0.4) is 0 Å². The van der Waals surface area contributed by atoms with Crippen molar-refractivity contribution in [3.63, 3.8) is 0 Å². The Hall–Kier alpha value is -1.88. The standard InChI is InChI=1S/C17H24N2O3/c20-11-9-15-8-4-5-10-19(15)17(22)13-18-16(21)12-14-6-2-1-3-7-14/h1-3,6-7,15,20H,4-5,8-13H2,(H,18,21). The van der Waals surface area contributed by atoms with E-state index in [-0.39, 0.29) is 37.4 Å². The average molecular weight is 304 g/mol. The number of piperidine rings is 1. The van der Waals surface area contributed by atoms with Crippen molar-refractivity contribution in [3.05, 3.63) is 35.9 Å². The summed E-state index contributed by atoms with van der Waals surface area (Å²) < 4.78 is 0. The Balaban J connectivity index is 1.79. The Morgan fingerprint density at radius 3 is 2.73 bits per heavy atom. The second kappa shape index (κ2) is 8.54. The summed E-state index contributed by atoms with van der Waals surface area (Å²) in [6.07, 6.45) is 3.92. The third-order valence-electron chi connectivity index (χ3n) is 4.05. The highest BCUT2D eigenvalue weighted by Crippen LogP contribution is 2.19. The Labute approximate surface area is 131 Å². The zero-order chi connectivity index (χ0) is 15.8. The van der Waals surface area contributed by atoms with Gasteiger partial charge in [0.1, 0.15) is 0 Å². The van der Waals surface area contributed by atoms with Gasteiger partial charge in [-0.3, -0.25) is 9.59 Å². The lowest BCUT2D eigenvalue weighted by atomic mass is 9.99. The van der Waals surface area contributed by atoms with Gasteiger partial charge in [-0.25, -0.2) is 0 Å². The maximum Gasteiger partial charge on any atom is 0.242 e. The summed E-state index contributed by atoms with van der Waals surface area (Å²) in [6, 6.07) is 9.58. The average Bonchev–Trinajstić information content (AvgIpc) is 2.54. The van der Waals surface area contributed by atoms with Crippen molar-refractivity contribution in [2.24, 2.45) is 0 Å². The molecule has 1 aromatic rings. The molecule has 0 aromatic heterocycles. The maximum atomic E-state index is 12.3. The molecule has 1 saturated heterocycles. The molecule has 0 saturated carbocycles. The topological polar surface area (TPSA) is 69.6 Å². The van der Waals surface area contributed by atoms with Crippen LogP contribution < -0.4 is 5.32 Å². The molecule has 0 radical (unpaired) electrons. The fraction of sp³-hybridized carbons (Fsp3) is 0.529. The number of hydrogen-bond donors (Lipinski definition) is 2. The molecule has 0 bridgehead atoms. The molecule has 22 heavy (non-hydrogen) atoms. The molecule has 5 heteroatoms. The van der Waals surface area contributed by atoms with Crippen molar-refractivity contribution in [2.45, 2.75) is 38.1 Å². The lowest BCUT2D eigenvalue weighted by Crippen LogP contribution is -2.48. The Morgan fingerprint density at radius 2 is 2.00 bits per heavy atom. The van der Waals surface area contributed by atoms with Crippen LogP contribution in [0.1, 0.15) is 31.2 Å². The maximum absolute atomic E-state index is 12.3. The molecule has 2 N–H and O–H groups in total. The molecule has 1 heterocycles. The zero-order valence-corrected chi connectivity index (χ0v) is 12.8.